The van der Waals surface area contributed by atoms with Crippen LogP contribution in [0.25, 0.3) is 0 Å². The molecule has 0 radical (unpaired) electrons. The highest BCUT2D eigenvalue weighted by Crippen LogP contribution is 2.21. The van der Waals surface area contributed by atoms with Crippen LogP contribution in [-0.4, -0.2) is 29.3 Å². The van der Waals surface area contributed by atoms with Gasteiger partial charge in [-0.25, -0.2) is 4.98 Å². The Hall–Kier alpha value is -1.37. The molecule has 0 bridgehead atoms. The van der Waals surface area contributed by atoms with E-state index in [1.54, 1.807) is 6.20 Å². The molecule has 0 saturated heterocycles. The maximum Gasteiger partial charge on any atom is 0.389 e. The average Bonchev–Trinajstić information content (AvgIpc) is 2.34. The first-order valence-electron chi connectivity index (χ1n) is 6.58. The van der Waals surface area contributed by atoms with Gasteiger partial charge in [-0.3, -0.25) is 4.98 Å². The second-order valence-corrected chi connectivity index (χ2v) is 4.94. The van der Waals surface area contributed by atoms with E-state index in [1.165, 1.54) is 6.20 Å². The molecule has 0 atom stereocenters. The van der Waals surface area contributed by atoms with Gasteiger partial charge >= 0.3 is 6.18 Å². The number of ether oxygens (including phenoxy) is 1. The summed E-state index contributed by atoms with van der Waals surface area (Å²) in [5, 5.41) is 3.21. The molecule has 7 heteroatoms. The molecule has 1 heterocycles. The van der Waals surface area contributed by atoms with Crippen LogP contribution in [0.2, 0.25) is 0 Å². The molecule has 0 spiro atoms. The second-order valence-electron chi connectivity index (χ2n) is 4.94. The SMILES string of the molecule is CC(C)CNCc1cncc(OCCCC(F)(F)F)n1. The molecule has 114 valence electrons. The molecule has 0 fully saturated rings. The first-order chi connectivity index (χ1) is 9.37. The topological polar surface area (TPSA) is 47.0 Å². The summed E-state index contributed by atoms with van der Waals surface area (Å²) in [6.07, 6.45) is -2.07. The first-order valence-corrected chi connectivity index (χ1v) is 6.58. The van der Waals surface area contributed by atoms with Crippen LogP contribution < -0.4 is 10.1 Å². The predicted octanol–water partition coefficient (Wildman–Crippen LogP) is 2.94. The lowest BCUT2D eigenvalue weighted by Crippen LogP contribution is -2.19. The maximum atomic E-state index is 12.0. The summed E-state index contributed by atoms with van der Waals surface area (Å²) in [6, 6.07) is 0. The fraction of sp³-hybridized carbons (Fsp3) is 0.692. The third-order valence-electron chi connectivity index (χ3n) is 2.38. The molecule has 1 aromatic heterocycles. The van der Waals surface area contributed by atoms with Gasteiger partial charge in [-0.2, -0.15) is 13.2 Å². The van der Waals surface area contributed by atoms with E-state index >= 15 is 0 Å². The van der Waals surface area contributed by atoms with E-state index in [9.17, 15) is 13.2 Å². The van der Waals surface area contributed by atoms with Crippen LogP contribution in [0.5, 0.6) is 5.88 Å². The zero-order chi connectivity index (χ0) is 15.0. The minimum atomic E-state index is -4.14. The third-order valence-corrected chi connectivity index (χ3v) is 2.38. The molecule has 0 aliphatic heterocycles. The molecule has 1 N–H and O–H groups in total. The molecule has 20 heavy (non-hydrogen) atoms. The van der Waals surface area contributed by atoms with Gasteiger partial charge in [0, 0.05) is 19.2 Å². The summed E-state index contributed by atoms with van der Waals surface area (Å²) < 4.78 is 41.0. The minimum absolute atomic E-state index is 0.0168. The monoisotopic (exact) mass is 291 g/mol. The van der Waals surface area contributed by atoms with Crippen LogP contribution in [0.15, 0.2) is 12.4 Å². The van der Waals surface area contributed by atoms with Gasteiger partial charge in [0.1, 0.15) is 0 Å². The summed E-state index contributed by atoms with van der Waals surface area (Å²) >= 11 is 0. The van der Waals surface area contributed by atoms with Crippen LogP contribution >= 0.6 is 0 Å². The second kappa shape index (κ2) is 8.04. The van der Waals surface area contributed by atoms with Gasteiger partial charge in [0.25, 0.3) is 0 Å². The quantitative estimate of drug-likeness (QED) is 0.748. The third kappa shape index (κ3) is 7.93. The molecule has 0 aliphatic rings. The number of hydrogen-bond donors (Lipinski definition) is 1. The Bertz CT molecular complexity index is 397. The van der Waals surface area contributed by atoms with Crippen LogP contribution in [0.4, 0.5) is 13.2 Å². The van der Waals surface area contributed by atoms with Crippen molar-refractivity contribution in [2.45, 2.75) is 39.4 Å². The molecule has 0 aliphatic carbocycles. The first kappa shape index (κ1) is 16.7. The summed E-state index contributed by atoms with van der Waals surface area (Å²) in [4.78, 5) is 8.14. The lowest BCUT2D eigenvalue weighted by atomic mass is 10.2. The van der Waals surface area contributed by atoms with E-state index in [0.29, 0.717) is 18.2 Å². The Labute approximate surface area is 116 Å². The summed E-state index contributed by atoms with van der Waals surface area (Å²) in [5.74, 6) is 0.792. The number of hydrogen-bond acceptors (Lipinski definition) is 4. The molecule has 0 unspecified atom stereocenters. The summed E-state index contributed by atoms with van der Waals surface area (Å²) in [5.41, 5.74) is 0.707. The lowest BCUT2D eigenvalue weighted by molar-refractivity contribution is -0.136. The Morgan fingerprint density at radius 3 is 2.70 bits per heavy atom. The highest BCUT2D eigenvalue weighted by molar-refractivity contribution is 5.08. The van der Waals surface area contributed by atoms with Crippen molar-refractivity contribution in [3.63, 3.8) is 0 Å². The van der Waals surface area contributed by atoms with Gasteiger partial charge in [-0.05, 0) is 18.9 Å². The van der Waals surface area contributed by atoms with Crippen LogP contribution in [0.3, 0.4) is 0 Å². The van der Waals surface area contributed by atoms with Gasteiger partial charge in [0.05, 0.1) is 18.5 Å². The van der Waals surface area contributed by atoms with Crippen LogP contribution in [0, 0.1) is 5.92 Å². The highest BCUT2D eigenvalue weighted by atomic mass is 19.4. The summed E-state index contributed by atoms with van der Waals surface area (Å²) in [7, 11) is 0. The fourth-order valence-corrected chi connectivity index (χ4v) is 1.48. The number of nitrogens with one attached hydrogen (secondary N) is 1. The van der Waals surface area contributed by atoms with Crippen molar-refractivity contribution in [1.29, 1.82) is 0 Å². The molecule has 0 saturated carbocycles. The molecule has 0 amide bonds. The van der Waals surface area contributed by atoms with Crippen LogP contribution in [0.1, 0.15) is 32.4 Å². The Balaban J connectivity index is 2.32. The van der Waals surface area contributed by atoms with Crippen molar-refractivity contribution in [3.8, 4) is 5.88 Å². The summed E-state index contributed by atoms with van der Waals surface area (Å²) in [6.45, 7) is 5.60. The van der Waals surface area contributed by atoms with E-state index in [2.05, 4.69) is 29.1 Å². The van der Waals surface area contributed by atoms with Crippen molar-refractivity contribution < 1.29 is 17.9 Å². The van der Waals surface area contributed by atoms with Crippen molar-refractivity contribution >= 4 is 0 Å². The lowest BCUT2D eigenvalue weighted by Gasteiger charge is -2.09. The van der Waals surface area contributed by atoms with E-state index in [0.717, 1.165) is 6.54 Å². The van der Waals surface area contributed by atoms with Gasteiger partial charge in [0.2, 0.25) is 5.88 Å². The fourth-order valence-electron chi connectivity index (χ4n) is 1.48. The normalized spacial score (nSPS) is 11.9. The molecule has 0 aromatic carbocycles. The van der Waals surface area contributed by atoms with E-state index in [4.69, 9.17) is 4.74 Å². The van der Waals surface area contributed by atoms with Crippen molar-refractivity contribution in [1.82, 2.24) is 15.3 Å². The predicted molar refractivity (Wildman–Crippen MR) is 69.4 cm³/mol. The van der Waals surface area contributed by atoms with Gasteiger partial charge in [-0.15, -0.1) is 0 Å². The minimum Gasteiger partial charge on any atom is -0.477 e. The highest BCUT2D eigenvalue weighted by Gasteiger charge is 2.26. The van der Waals surface area contributed by atoms with E-state index < -0.39 is 12.6 Å². The van der Waals surface area contributed by atoms with Crippen molar-refractivity contribution in [3.05, 3.63) is 18.1 Å². The zero-order valence-electron chi connectivity index (χ0n) is 11.7. The van der Waals surface area contributed by atoms with Crippen molar-refractivity contribution in [2.75, 3.05) is 13.2 Å². The van der Waals surface area contributed by atoms with Gasteiger partial charge < -0.3 is 10.1 Å². The number of aromatic nitrogens is 2. The Morgan fingerprint density at radius 1 is 1.30 bits per heavy atom. The zero-order valence-corrected chi connectivity index (χ0v) is 11.7. The molecular weight excluding hydrogens is 271 g/mol. The molecule has 1 rings (SSSR count). The van der Waals surface area contributed by atoms with E-state index in [1.807, 2.05) is 0 Å². The maximum absolute atomic E-state index is 12.0. The number of alkyl halides is 3. The number of halogens is 3. The van der Waals surface area contributed by atoms with Gasteiger partial charge in [0.15, 0.2) is 0 Å². The smallest absolute Gasteiger partial charge is 0.389 e. The van der Waals surface area contributed by atoms with Gasteiger partial charge in [-0.1, -0.05) is 13.8 Å². The number of rotatable bonds is 8. The standard InChI is InChI=1S/C13H20F3N3O/c1-10(2)6-17-7-11-8-18-9-12(19-11)20-5-3-4-13(14,15)16/h8-10,17H,3-7H2,1-2H3. The molecule has 1 aromatic rings. The largest absolute Gasteiger partial charge is 0.477 e. The number of nitrogens with zero attached hydrogens (tertiary/aromatic N) is 2. The van der Waals surface area contributed by atoms with Crippen LogP contribution in [-0.2, 0) is 6.54 Å². The Kier molecular flexibility index (Phi) is 6.70. The average molecular weight is 291 g/mol. The van der Waals surface area contributed by atoms with E-state index in [-0.39, 0.29) is 18.9 Å². The molecular formula is C13H20F3N3O. The van der Waals surface area contributed by atoms with Crippen molar-refractivity contribution in [2.24, 2.45) is 5.92 Å². The molecule has 4 nitrogen and oxygen atoms in total. The Morgan fingerprint density at radius 2 is 2.05 bits per heavy atom.